The summed E-state index contributed by atoms with van der Waals surface area (Å²) in [5.74, 6) is -1.33. The Morgan fingerprint density at radius 3 is 2.45 bits per heavy atom. The summed E-state index contributed by atoms with van der Waals surface area (Å²) in [5.41, 5.74) is 2.79. The molecule has 1 atom stereocenters. The van der Waals surface area contributed by atoms with Gasteiger partial charge in [0, 0.05) is 5.69 Å². The van der Waals surface area contributed by atoms with Crippen LogP contribution in [-0.2, 0) is 37.2 Å². The van der Waals surface area contributed by atoms with Gasteiger partial charge >= 0.3 is 5.97 Å². The van der Waals surface area contributed by atoms with Crippen molar-refractivity contribution in [2.45, 2.75) is 43.6 Å². The molecule has 2 aromatic rings. The van der Waals surface area contributed by atoms with E-state index in [9.17, 15) is 18.0 Å². The third-order valence-corrected chi connectivity index (χ3v) is 6.15. The first-order chi connectivity index (χ1) is 13.8. The normalized spacial score (nSPS) is 14.5. The largest absolute Gasteiger partial charge is 0.452 e. The molecule has 2 aromatic carbocycles. The maximum absolute atomic E-state index is 12.5. The van der Waals surface area contributed by atoms with Crippen LogP contribution in [0.5, 0.6) is 0 Å². The lowest BCUT2D eigenvalue weighted by Crippen LogP contribution is -2.35. The zero-order chi connectivity index (χ0) is 20.9. The van der Waals surface area contributed by atoms with E-state index in [0.29, 0.717) is 5.69 Å². The van der Waals surface area contributed by atoms with Crippen LogP contribution < -0.4 is 10.0 Å². The molecule has 0 bridgehead atoms. The highest BCUT2D eigenvalue weighted by molar-refractivity contribution is 7.89. The van der Waals surface area contributed by atoms with Gasteiger partial charge < -0.3 is 10.1 Å². The van der Waals surface area contributed by atoms with Crippen molar-refractivity contribution < 1.29 is 22.7 Å². The van der Waals surface area contributed by atoms with Crippen LogP contribution in [0, 0.1) is 0 Å². The molecule has 0 aromatic heterocycles. The Morgan fingerprint density at radius 2 is 1.72 bits per heavy atom. The highest BCUT2D eigenvalue weighted by Gasteiger charge is 2.22. The Labute approximate surface area is 170 Å². The van der Waals surface area contributed by atoms with E-state index in [1.165, 1.54) is 12.5 Å². The van der Waals surface area contributed by atoms with Crippen molar-refractivity contribution in [3.05, 3.63) is 59.7 Å². The fraction of sp³-hybridized carbons (Fsp3) is 0.333. The first kappa shape index (κ1) is 21.0. The van der Waals surface area contributed by atoms with Crippen LogP contribution >= 0.6 is 0 Å². The lowest BCUT2D eigenvalue weighted by Gasteiger charge is -2.17. The zero-order valence-corrected chi connectivity index (χ0v) is 17.0. The first-order valence-corrected chi connectivity index (χ1v) is 11.0. The fourth-order valence-corrected chi connectivity index (χ4v) is 4.19. The number of amides is 1. The smallest absolute Gasteiger partial charge is 0.321 e. The maximum Gasteiger partial charge on any atom is 0.321 e. The van der Waals surface area contributed by atoms with Crippen molar-refractivity contribution in [1.29, 1.82) is 0 Å². The van der Waals surface area contributed by atoms with Gasteiger partial charge in [-0.2, -0.15) is 4.72 Å². The number of para-hydroxylation sites is 1. The van der Waals surface area contributed by atoms with E-state index >= 15 is 0 Å². The Morgan fingerprint density at radius 1 is 1.03 bits per heavy atom. The number of rotatable bonds is 7. The number of carbonyl (C=O) groups excluding carboxylic acids is 2. The number of aryl methyl sites for hydroxylation is 2. The fourth-order valence-electron chi connectivity index (χ4n) is 3.17. The predicted molar refractivity (Wildman–Crippen MR) is 109 cm³/mol. The van der Waals surface area contributed by atoms with Crippen molar-refractivity contribution in [3.63, 3.8) is 0 Å². The maximum atomic E-state index is 12.5. The zero-order valence-electron chi connectivity index (χ0n) is 16.2. The molecule has 0 fully saturated rings. The molecule has 0 aliphatic heterocycles. The lowest BCUT2D eigenvalue weighted by molar-refractivity contribution is -0.151. The average molecular weight is 416 g/mol. The first-order valence-electron chi connectivity index (χ1n) is 9.52. The van der Waals surface area contributed by atoms with E-state index in [1.807, 2.05) is 12.1 Å². The molecule has 0 radical (unpaired) electrons. The molecule has 0 unspecified atom stereocenters. The van der Waals surface area contributed by atoms with Gasteiger partial charge in [0.25, 0.3) is 5.91 Å². The highest BCUT2D eigenvalue weighted by Crippen LogP contribution is 2.24. The summed E-state index contributed by atoms with van der Waals surface area (Å²) < 4.78 is 32.2. The number of benzene rings is 2. The van der Waals surface area contributed by atoms with Crippen molar-refractivity contribution in [3.8, 4) is 0 Å². The predicted octanol–water partition coefficient (Wildman–Crippen LogP) is 2.41. The van der Waals surface area contributed by atoms with Crippen LogP contribution in [0.1, 0.15) is 30.9 Å². The van der Waals surface area contributed by atoms with Crippen molar-refractivity contribution in [2.24, 2.45) is 0 Å². The minimum absolute atomic E-state index is 0.126. The Kier molecular flexibility index (Phi) is 6.66. The molecule has 29 heavy (non-hydrogen) atoms. The van der Waals surface area contributed by atoms with Crippen LogP contribution in [0.15, 0.2) is 53.4 Å². The minimum Gasteiger partial charge on any atom is -0.452 e. The quantitative estimate of drug-likeness (QED) is 0.675. The molecule has 154 valence electrons. The van der Waals surface area contributed by atoms with Crippen LogP contribution in [0.25, 0.3) is 0 Å². The number of fused-ring (bicyclic) bond motifs is 1. The summed E-state index contributed by atoms with van der Waals surface area (Å²) in [6.07, 6.45) is 2.90. The highest BCUT2D eigenvalue weighted by atomic mass is 32.2. The average Bonchev–Trinajstić information content (AvgIpc) is 2.72. The van der Waals surface area contributed by atoms with Gasteiger partial charge in [0.15, 0.2) is 6.10 Å². The lowest BCUT2D eigenvalue weighted by atomic mass is 9.92. The number of sulfonamides is 1. The minimum atomic E-state index is -3.84. The number of ether oxygens (including phenoxy) is 1. The van der Waals surface area contributed by atoms with Crippen molar-refractivity contribution >= 4 is 27.6 Å². The van der Waals surface area contributed by atoms with Crippen molar-refractivity contribution in [1.82, 2.24) is 4.72 Å². The van der Waals surface area contributed by atoms with Crippen LogP contribution in [-0.4, -0.2) is 32.9 Å². The second kappa shape index (κ2) is 9.19. The number of hydrogen-bond acceptors (Lipinski definition) is 5. The third kappa shape index (κ3) is 5.65. The van der Waals surface area contributed by atoms with E-state index in [4.69, 9.17) is 4.74 Å². The molecule has 2 N–H and O–H groups in total. The molecule has 3 rings (SSSR count). The monoisotopic (exact) mass is 416 g/mol. The standard InChI is InChI=1S/C21H24N2O5S/c1-15(21(25)23-18-9-3-2-4-10-18)28-20(24)14-22-29(26,27)19-12-11-16-7-5-6-8-17(16)13-19/h2-4,9-13,15,22H,5-8,14H2,1H3,(H,23,25)/t15-/m0/s1. The molecular formula is C21H24N2O5S. The summed E-state index contributed by atoms with van der Waals surface area (Å²) in [7, 11) is -3.84. The molecule has 1 amide bonds. The van der Waals surface area contributed by atoms with Gasteiger partial charge in [0.2, 0.25) is 10.0 Å². The third-order valence-electron chi connectivity index (χ3n) is 4.76. The number of carbonyl (C=O) groups is 2. The Balaban J connectivity index is 1.53. The molecule has 1 aliphatic rings. The Hall–Kier alpha value is -2.71. The summed E-state index contributed by atoms with van der Waals surface area (Å²) in [4.78, 5) is 24.2. The molecule has 0 spiro atoms. The van der Waals surface area contributed by atoms with Gasteiger partial charge in [-0.25, -0.2) is 8.42 Å². The SMILES string of the molecule is C[C@H](OC(=O)CNS(=O)(=O)c1ccc2c(c1)CCCC2)C(=O)Nc1ccccc1. The van der Waals surface area contributed by atoms with E-state index < -0.39 is 34.5 Å². The molecule has 0 heterocycles. The van der Waals surface area contributed by atoms with Gasteiger partial charge in [0.05, 0.1) is 4.90 Å². The number of anilines is 1. The van der Waals surface area contributed by atoms with Gasteiger partial charge in [0.1, 0.15) is 6.54 Å². The van der Waals surface area contributed by atoms with Crippen LogP contribution in [0.4, 0.5) is 5.69 Å². The Bertz CT molecular complexity index is 989. The summed E-state index contributed by atoms with van der Waals surface area (Å²) >= 11 is 0. The van der Waals surface area contributed by atoms with Crippen LogP contribution in [0.3, 0.4) is 0 Å². The van der Waals surface area contributed by atoms with E-state index in [0.717, 1.165) is 31.2 Å². The summed E-state index contributed by atoms with van der Waals surface area (Å²) in [6, 6.07) is 13.8. The van der Waals surface area contributed by atoms with E-state index in [1.54, 1.807) is 36.4 Å². The number of nitrogens with one attached hydrogen (secondary N) is 2. The van der Waals surface area contributed by atoms with Gasteiger partial charge in [-0.3, -0.25) is 9.59 Å². The molecule has 0 saturated carbocycles. The molecule has 7 nitrogen and oxygen atoms in total. The number of hydrogen-bond donors (Lipinski definition) is 2. The molecule has 8 heteroatoms. The van der Waals surface area contributed by atoms with Gasteiger partial charge in [-0.1, -0.05) is 24.3 Å². The van der Waals surface area contributed by atoms with Crippen molar-refractivity contribution in [2.75, 3.05) is 11.9 Å². The van der Waals surface area contributed by atoms with Gasteiger partial charge in [-0.15, -0.1) is 0 Å². The van der Waals surface area contributed by atoms with E-state index in [2.05, 4.69) is 10.0 Å². The van der Waals surface area contributed by atoms with Crippen LogP contribution in [0.2, 0.25) is 0 Å². The summed E-state index contributed by atoms with van der Waals surface area (Å²) in [5, 5.41) is 2.62. The number of esters is 1. The molecule has 1 aliphatic carbocycles. The van der Waals surface area contributed by atoms with E-state index in [-0.39, 0.29) is 4.90 Å². The molecular weight excluding hydrogens is 392 g/mol. The second-order valence-corrected chi connectivity index (χ2v) is 8.72. The molecule has 0 saturated heterocycles. The second-order valence-electron chi connectivity index (χ2n) is 6.95. The summed E-state index contributed by atoms with van der Waals surface area (Å²) in [6.45, 7) is 0.872. The van der Waals surface area contributed by atoms with Gasteiger partial charge in [-0.05, 0) is 68.0 Å². The topological polar surface area (TPSA) is 102 Å².